The Bertz CT molecular complexity index is 1130. The molecule has 0 fully saturated rings. The lowest BCUT2D eigenvalue weighted by molar-refractivity contribution is -0.119. The summed E-state index contributed by atoms with van der Waals surface area (Å²) in [6, 6.07) is 9.55. The average molecular weight is 416 g/mol. The molecule has 0 radical (unpaired) electrons. The molecule has 1 aromatic heterocycles. The molecule has 0 amide bonds. The fourth-order valence-electron chi connectivity index (χ4n) is 3.34. The molecule has 0 aliphatic carbocycles. The second-order valence-electron chi connectivity index (χ2n) is 7.72. The van der Waals surface area contributed by atoms with E-state index in [-0.39, 0.29) is 29.7 Å². The van der Waals surface area contributed by atoms with Gasteiger partial charge in [-0.3, -0.25) is 4.79 Å². The van der Waals surface area contributed by atoms with Crippen molar-refractivity contribution in [3.63, 3.8) is 0 Å². The number of carbonyl (C=O) groups is 1. The summed E-state index contributed by atoms with van der Waals surface area (Å²) in [6.07, 6.45) is 1.63. The summed E-state index contributed by atoms with van der Waals surface area (Å²) >= 11 is 6.03. The lowest BCUT2D eigenvalue weighted by atomic mass is 9.84. The Hall–Kier alpha value is -2.78. The first-order valence-electron chi connectivity index (χ1n) is 9.15. The van der Waals surface area contributed by atoms with E-state index in [2.05, 4.69) is 11.1 Å². The summed E-state index contributed by atoms with van der Waals surface area (Å²) < 4.78 is 29.8. The van der Waals surface area contributed by atoms with Crippen molar-refractivity contribution in [3.05, 3.63) is 64.4 Å². The number of imidazole rings is 1. The standard InChI is InChI=1S/C22H20ClF2N3O/c1-13(14-4-5-16(18(25)9-14)22(2,3)11-26)8-15(29)10-28-12-27-19-7-6-17(24)20(23)21(19)28/h4-7,9,12-13H,8,10H2,1-3H3. The summed E-state index contributed by atoms with van der Waals surface area (Å²) in [7, 11) is 0. The zero-order chi connectivity index (χ0) is 21.3. The maximum atomic E-state index is 14.5. The molecule has 3 aromatic rings. The van der Waals surface area contributed by atoms with Gasteiger partial charge in [-0.05, 0) is 43.5 Å². The van der Waals surface area contributed by atoms with Crippen LogP contribution in [0.15, 0.2) is 36.7 Å². The molecular weight excluding hydrogens is 396 g/mol. The Balaban J connectivity index is 1.76. The number of nitriles is 1. The van der Waals surface area contributed by atoms with Crippen molar-refractivity contribution in [3.8, 4) is 6.07 Å². The van der Waals surface area contributed by atoms with Gasteiger partial charge >= 0.3 is 0 Å². The summed E-state index contributed by atoms with van der Waals surface area (Å²) in [6.45, 7) is 5.13. The lowest BCUT2D eigenvalue weighted by Crippen LogP contribution is -2.17. The van der Waals surface area contributed by atoms with Crippen LogP contribution in [0.2, 0.25) is 5.02 Å². The second-order valence-corrected chi connectivity index (χ2v) is 8.10. The van der Waals surface area contributed by atoms with Crippen LogP contribution in [-0.4, -0.2) is 15.3 Å². The highest BCUT2D eigenvalue weighted by molar-refractivity contribution is 6.35. The van der Waals surface area contributed by atoms with Gasteiger partial charge in [0.05, 0.1) is 35.4 Å². The Morgan fingerprint density at radius 3 is 2.66 bits per heavy atom. The number of halogens is 3. The number of ketones is 1. The molecule has 0 aliphatic rings. The molecule has 0 saturated carbocycles. The zero-order valence-corrected chi connectivity index (χ0v) is 17.1. The van der Waals surface area contributed by atoms with Crippen molar-refractivity contribution in [1.82, 2.24) is 9.55 Å². The third kappa shape index (κ3) is 4.15. The topological polar surface area (TPSA) is 58.7 Å². The monoisotopic (exact) mass is 415 g/mol. The molecular formula is C22H20ClF2N3O. The van der Waals surface area contributed by atoms with Crippen LogP contribution in [0.25, 0.3) is 11.0 Å². The number of hydrogen-bond acceptors (Lipinski definition) is 3. The van der Waals surface area contributed by atoms with Crippen molar-refractivity contribution in [1.29, 1.82) is 5.26 Å². The molecule has 0 saturated heterocycles. The molecule has 3 rings (SSSR count). The minimum Gasteiger partial charge on any atom is -0.322 e. The summed E-state index contributed by atoms with van der Waals surface area (Å²) in [4.78, 5) is 16.7. The average Bonchev–Trinajstić information content (AvgIpc) is 3.07. The van der Waals surface area contributed by atoms with Crippen LogP contribution >= 0.6 is 11.6 Å². The molecule has 0 aliphatic heterocycles. The quantitative estimate of drug-likeness (QED) is 0.531. The molecule has 1 unspecified atom stereocenters. The Morgan fingerprint density at radius 1 is 1.28 bits per heavy atom. The number of carbonyl (C=O) groups excluding carboxylic acids is 1. The van der Waals surface area contributed by atoms with Gasteiger partial charge < -0.3 is 4.57 Å². The molecule has 0 spiro atoms. The fourth-order valence-corrected chi connectivity index (χ4v) is 3.60. The third-order valence-electron chi connectivity index (χ3n) is 5.07. The Kier molecular flexibility index (Phi) is 5.72. The van der Waals surface area contributed by atoms with Crippen LogP contribution in [0.3, 0.4) is 0 Å². The van der Waals surface area contributed by atoms with E-state index in [4.69, 9.17) is 11.6 Å². The van der Waals surface area contributed by atoms with Crippen molar-refractivity contribution in [2.75, 3.05) is 0 Å². The zero-order valence-electron chi connectivity index (χ0n) is 16.3. The second kappa shape index (κ2) is 7.92. The Morgan fingerprint density at radius 2 is 2.00 bits per heavy atom. The van der Waals surface area contributed by atoms with Gasteiger partial charge in [-0.1, -0.05) is 30.7 Å². The van der Waals surface area contributed by atoms with Gasteiger partial charge in [0, 0.05) is 12.0 Å². The molecule has 4 nitrogen and oxygen atoms in total. The third-order valence-corrected chi connectivity index (χ3v) is 5.43. The van der Waals surface area contributed by atoms with E-state index in [1.165, 1.54) is 29.1 Å². The van der Waals surface area contributed by atoms with Crippen LogP contribution in [0.5, 0.6) is 0 Å². The van der Waals surface area contributed by atoms with Gasteiger partial charge in [0.25, 0.3) is 0 Å². The van der Waals surface area contributed by atoms with Gasteiger partial charge in [0.2, 0.25) is 0 Å². The number of hydrogen-bond donors (Lipinski definition) is 0. The number of nitrogens with zero attached hydrogens (tertiary/aromatic N) is 3. The van der Waals surface area contributed by atoms with E-state index < -0.39 is 17.0 Å². The van der Waals surface area contributed by atoms with Gasteiger partial charge in [-0.15, -0.1) is 0 Å². The molecule has 0 N–H and O–H groups in total. The number of aromatic nitrogens is 2. The number of fused-ring (bicyclic) bond motifs is 1. The first kappa shape index (κ1) is 20.9. The number of Topliss-reactive ketones (excluding diaryl/α,β-unsaturated/α-hetero) is 1. The maximum absolute atomic E-state index is 14.5. The molecule has 0 bridgehead atoms. The normalized spacial score (nSPS) is 12.7. The van der Waals surface area contributed by atoms with Crippen molar-refractivity contribution >= 4 is 28.4 Å². The highest BCUT2D eigenvalue weighted by atomic mass is 35.5. The predicted molar refractivity (Wildman–Crippen MR) is 108 cm³/mol. The highest BCUT2D eigenvalue weighted by Crippen LogP contribution is 2.29. The predicted octanol–water partition coefficient (Wildman–Crippen LogP) is 5.53. The summed E-state index contributed by atoms with van der Waals surface area (Å²) in [5.74, 6) is -1.37. The van der Waals surface area contributed by atoms with Crippen molar-refractivity contribution < 1.29 is 13.6 Å². The first-order chi connectivity index (χ1) is 13.6. The minimum absolute atomic E-state index is 0.00789. The minimum atomic E-state index is -0.932. The summed E-state index contributed by atoms with van der Waals surface area (Å²) in [5, 5.41) is 9.13. The molecule has 150 valence electrons. The molecule has 29 heavy (non-hydrogen) atoms. The Labute approximate surface area is 172 Å². The smallest absolute Gasteiger partial charge is 0.153 e. The van der Waals surface area contributed by atoms with Gasteiger partial charge in [0.1, 0.15) is 16.7 Å². The maximum Gasteiger partial charge on any atom is 0.153 e. The van der Waals surface area contributed by atoms with Crippen molar-refractivity contribution in [2.24, 2.45) is 0 Å². The SMILES string of the molecule is CC(CC(=O)Cn1cnc2ccc(F)c(Cl)c21)c1ccc(C(C)(C)C#N)c(F)c1. The van der Waals surface area contributed by atoms with E-state index in [0.29, 0.717) is 22.2 Å². The molecule has 7 heteroatoms. The number of benzene rings is 2. The van der Waals surface area contributed by atoms with E-state index in [9.17, 15) is 18.8 Å². The van der Waals surface area contributed by atoms with Crippen LogP contribution in [0.1, 0.15) is 44.2 Å². The van der Waals surface area contributed by atoms with E-state index in [0.717, 1.165) is 0 Å². The van der Waals surface area contributed by atoms with E-state index >= 15 is 0 Å². The van der Waals surface area contributed by atoms with Gasteiger partial charge in [-0.2, -0.15) is 5.26 Å². The van der Waals surface area contributed by atoms with Crippen LogP contribution in [0, 0.1) is 23.0 Å². The number of rotatable bonds is 6. The van der Waals surface area contributed by atoms with Gasteiger partial charge in [-0.25, -0.2) is 13.8 Å². The van der Waals surface area contributed by atoms with Crippen LogP contribution < -0.4 is 0 Å². The highest BCUT2D eigenvalue weighted by Gasteiger charge is 2.24. The van der Waals surface area contributed by atoms with Crippen LogP contribution in [-0.2, 0) is 16.8 Å². The first-order valence-corrected chi connectivity index (χ1v) is 9.53. The molecule has 1 heterocycles. The lowest BCUT2D eigenvalue weighted by Gasteiger charge is -2.19. The summed E-state index contributed by atoms with van der Waals surface area (Å²) in [5.41, 5.74) is 0.951. The van der Waals surface area contributed by atoms with Gasteiger partial charge in [0.15, 0.2) is 5.78 Å². The van der Waals surface area contributed by atoms with Crippen LogP contribution in [0.4, 0.5) is 8.78 Å². The van der Waals surface area contributed by atoms with E-state index in [1.807, 2.05) is 6.92 Å². The molecule has 2 aromatic carbocycles. The van der Waals surface area contributed by atoms with Crippen molar-refractivity contribution in [2.45, 2.75) is 45.1 Å². The molecule has 1 atom stereocenters. The fraction of sp³-hybridized carbons (Fsp3) is 0.318. The largest absolute Gasteiger partial charge is 0.322 e. The van der Waals surface area contributed by atoms with E-state index in [1.54, 1.807) is 26.0 Å².